The highest BCUT2D eigenvalue weighted by atomic mass is 16.5. The summed E-state index contributed by atoms with van der Waals surface area (Å²) in [5.41, 5.74) is 8.18. The molecule has 0 aliphatic rings. The number of anilines is 2. The summed E-state index contributed by atoms with van der Waals surface area (Å²) < 4.78 is 5.33. The van der Waals surface area contributed by atoms with Crippen molar-refractivity contribution in [3.05, 3.63) is 53.6 Å². The Labute approximate surface area is 123 Å². The number of hydrogen-bond donors (Lipinski definition) is 3. The number of aliphatic hydroxyl groups is 1. The van der Waals surface area contributed by atoms with E-state index in [2.05, 4.69) is 5.32 Å². The van der Waals surface area contributed by atoms with Gasteiger partial charge in [0.25, 0.3) is 5.91 Å². The molecule has 0 fully saturated rings. The first-order valence-electron chi connectivity index (χ1n) is 6.67. The number of ether oxygens (including phenoxy) is 1. The summed E-state index contributed by atoms with van der Waals surface area (Å²) in [5, 5.41) is 11.7. The number of benzene rings is 2. The zero-order valence-electron chi connectivity index (χ0n) is 11.8. The van der Waals surface area contributed by atoms with Crippen LogP contribution in [0.25, 0.3) is 0 Å². The van der Waals surface area contributed by atoms with Crippen molar-refractivity contribution in [3.8, 4) is 5.75 Å². The maximum atomic E-state index is 12.1. The molecule has 1 amide bonds. The van der Waals surface area contributed by atoms with Crippen LogP contribution < -0.4 is 15.8 Å². The zero-order valence-corrected chi connectivity index (χ0v) is 11.8. The molecule has 2 aromatic rings. The summed E-state index contributed by atoms with van der Waals surface area (Å²) >= 11 is 0. The van der Waals surface area contributed by atoms with Crippen molar-refractivity contribution in [3.63, 3.8) is 0 Å². The molecule has 0 heterocycles. The van der Waals surface area contributed by atoms with Crippen LogP contribution in [0.15, 0.2) is 42.5 Å². The van der Waals surface area contributed by atoms with Gasteiger partial charge < -0.3 is 20.9 Å². The lowest BCUT2D eigenvalue weighted by Gasteiger charge is -2.09. The Kier molecular flexibility index (Phi) is 4.79. The third-order valence-electron chi connectivity index (χ3n) is 2.97. The van der Waals surface area contributed by atoms with Gasteiger partial charge in [-0.05, 0) is 42.8 Å². The average molecular weight is 286 g/mol. The summed E-state index contributed by atoms with van der Waals surface area (Å²) in [5.74, 6) is 0.322. The van der Waals surface area contributed by atoms with Crippen molar-refractivity contribution in [1.29, 1.82) is 0 Å². The minimum atomic E-state index is -0.249. The smallest absolute Gasteiger partial charge is 0.255 e. The molecule has 110 valence electrons. The van der Waals surface area contributed by atoms with Crippen molar-refractivity contribution >= 4 is 17.3 Å². The van der Waals surface area contributed by atoms with Crippen LogP contribution in [0, 0.1) is 0 Å². The largest absolute Gasteiger partial charge is 0.492 e. The molecule has 21 heavy (non-hydrogen) atoms. The van der Waals surface area contributed by atoms with Crippen LogP contribution in [0.1, 0.15) is 22.8 Å². The molecular formula is C16H18N2O3. The first kappa shape index (κ1) is 14.9. The van der Waals surface area contributed by atoms with Crippen LogP contribution in [0.2, 0.25) is 0 Å². The standard InChI is InChI=1S/C16H18N2O3/c1-2-21-15-8-5-12(9-14(15)17)16(20)18-13-6-3-11(10-19)4-7-13/h3-9,19H,2,10,17H2,1H3,(H,18,20). The fourth-order valence-corrected chi connectivity index (χ4v) is 1.87. The molecule has 4 N–H and O–H groups in total. The van der Waals surface area contributed by atoms with Crippen molar-refractivity contribution < 1.29 is 14.6 Å². The van der Waals surface area contributed by atoms with E-state index in [1.807, 2.05) is 6.92 Å². The highest BCUT2D eigenvalue weighted by Crippen LogP contribution is 2.23. The van der Waals surface area contributed by atoms with Gasteiger partial charge >= 0.3 is 0 Å². The number of nitrogens with one attached hydrogen (secondary N) is 1. The lowest BCUT2D eigenvalue weighted by Crippen LogP contribution is -2.12. The van der Waals surface area contributed by atoms with E-state index in [9.17, 15) is 4.79 Å². The van der Waals surface area contributed by atoms with Gasteiger partial charge in [0.2, 0.25) is 0 Å². The average Bonchev–Trinajstić information content (AvgIpc) is 2.50. The van der Waals surface area contributed by atoms with Crippen molar-refractivity contribution in [2.45, 2.75) is 13.5 Å². The maximum absolute atomic E-state index is 12.1. The number of rotatable bonds is 5. The second-order valence-electron chi connectivity index (χ2n) is 4.49. The van der Waals surface area contributed by atoms with Crippen LogP contribution in [-0.4, -0.2) is 17.6 Å². The first-order valence-corrected chi connectivity index (χ1v) is 6.67. The van der Waals surface area contributed by atoms with Gasteiger partial charge in [-0.25, -0.2) is 0 Å². The molecule has 0 spiro atoms. The summed E-state index contributed by atoms with van der Waals surface area (Å²) in [6, 6.07) is 11.9. The molecule has 5 heteroatoms. The first-order chi connectivity index (χ1) is 10.1. The Balaban J connectivity index is 2.10. The molecule has 0 saturated carbocycles. The normalized spacial score (nSPS) is 10.2. The Hall–Kier alpha value is -2.53. The Morgan fingerprint density at radius 2 is 1.95 bits per heavy atom. The highest BCUT2D eigenvalue weighted by molar-refractivity contribution is 6.05. The van der Waals surface area contributed by atoms with E-state index in [-0.39, 0.29) is 12.5 Å². The van der Waals surface area contributed by atoms with Gasteiger partial charge in [0.15, 0.2) is 0 Å². The van der Waals surface area contributed by atoms with Crippen molar-refractivity contribution in [2.24, 2.45) is 0 Å². The minimum Gasteiger partial charge on any atom is -0.492 e. The number of amides is 1. The molecule has 0 radical (unpaired) electrons. The minimum absolute atomic E-state index is 0.0242. The predicted octanol–water partition coefficient (Wildman–Crippen LogP) is 2.41. The van der Waals surface area contributed by atoms with Crippen LogP contribution >= 0.6 is 0 Å². The number of carbonyl (C=O) groups excluding carboxylic acids is 1. The lowest BCUT2D eigenvalue weighted by atomic mass is 10.1. The van der Waals surface area contributed by atoms with E-state index in [1.54, 1.807) is 42.5 Å². The number of aliphatic hydroxyl groups excluding tert-OH is 1. The Morgan fingerprint density at radius 1 is 1.24 bits per heavy atom. The fraction of sp³-hybridized carbons (Fsp3) is 0.188. The van der Waals surface area contributed by atoms with Crippen LogP contribution in [0.3, 0.4) is 0 Å². The molecule has 0 saturated heterocycles. The van der Waals surface area contributed by atoms with Gasteiger partial charge in [-0.3, -0.25) is 4.79 Å². The van der Waals surface area contributed by atoms with Gasteiger partial charge in [-0.1, -0.05) is 12.1 Å². The Bertz CT molecular complexity index is 624. The molecule has 2 aromatic carbocycles. The lowest BCUT2D eigenvalue weighted by molar-refractivity contribution is 0.102. The molecule has 2 rings (SSSR count). The van der Waals surface area contributed by atoms with Gasteiger partial charge in [0.05, 0.1) is 18.9 Å². The van der Waals surface area contributed by atoms with E-state index in [0.717, 1.165) is 5.56 Å². The summed E-state index contributed by atoms with van der Waals surface area (Å²) in [4.78, 5) is 12.1. The molecule has 0 bridgehead atoms. The van der Waals surface area contributed by atoms with Gasteiger partial charge in [0, 0.05) is 11.3 Å². The topological polar surface area (TPSA) is 84.6 Å². The molecule has 0 aromatic heterocycles. The fourth-order valence-electron chi connectivity index (χ4n) is 1.87. The van der Waals surface area contributed by atoms with Gasteiger partial charge in [0.1, 0.15) is 5.75 Å². The van der Waals surface area contributed by atoms with Gasteiger partial charge in [-0.2, -0.15) is 0 Å². The number of nitrogen functional groups attached to an aromatic ring is 1. The van der Waals surface area contributed by atoms with E-state index >= 15 is 0 Å². The number of carbonyl (C=O) groups is 1. The molecule has 0 aliphatic carbocycles. The highest BCUT2D eigenvalue weighted by Gasteiger charge is 2.09. The van der Waals surface area contributed by atoms with Crippen LogP contribution in [0.4, 0.5) is 11.4 Å². The second kappa shape index (κ2) is 6.76. The van der Waals surface area contributed by atoms with Crippen LogP contribution in [-0.2, 0) is 6.61 Å². The Morgan fingerprint density at radius 3 is 2.52 bits per heavy atom. The van der Waals surface area contributed by atoms with Crippen molar-refractivity contribution in [2.75, 3.05) is 17.7 Å². The van der Waals surface area contributed by atoms with Crippen LogP contribution in [0.5, 0.6) is 5.75 Å². The van der Waals surface area contributed by atoms with E-state index in [1.165, 1.54) is 0 Å². The SMILES string of the molecule is CCOc1ccc(C(=O)Nc2ccc(CO)cc2)cc1N. The number of nitrogens with two attached hydrogens (primary N) is 1. The summed E-state index contributed by atoms with van der Waals surface area (Å²) in [6.07, 6.45) is 0. The third-order valence-corrected chi connectivity index (χ3v) is 2.97. The number of hydrogen-bond acceptors (Lipinski definition) is 4. The summed E-state index contributed by atoms with van der Waals surface area (Å²) in [6.45, 7) is 2.37. The quantitative estimate of drug-likeness (QED) is 0.737. The molecular weight excluding hydrogens is 268 g/mol. The van der Waals surface area contributed by atoms with Gasteiger partial charge in [-0.15, -0.1) is 0 Å². The molecule has 0 unspecified atom stereocenters. The summed E-state index contributed by atoms with van der Waals surface area (Å²) in [7, 11) is 0. The zero-order chi connectivity index (χ0) is 15.2. The second-order valence-corrected chi connectivity index (χ2v) is 4.49. The third kappa shape index (κ3) is 3.73. The van der Waals surface area contributed by atoms with E-state index in [0.29, 0.717) is 29.3 Å². The molecule has 0 atom stereocenters. The monoisotopic (exact) mass is 286 g/mol. The maximum Gasteiger partial charge on any atom is 0.255 e. The molecule has 0 aliphatic heterocycles. The van der Waals surface area contributed by atoms with E-state index < -0.39 is 0 Å². The van der Waals surface area contributed by atoms with E-state index in [4.69, 9.17) is 15.6 Å². The predicted molar refractivity (Wildman–Crippen MR) is 82.3 cm³/mol. The molecule has 5 nitrogen and oxygen atoms in total. The van der Waals surface area contributed by atoms with Crippen molar-refractivity contribution in [1.82, 2.24) is 0 Å².